The topological polar surface area (TPSA) is 91.5 Å². The fourth-order valence-corrected chi connectivity index (χ4v) is 5.66. The van der Waals surface area contributed by atoms with E-state index in [0.717, 1.165) is 16.7 Å². The number of nitriles is 1. The predicted octanol–water partition coefficient (Wildman–Crippen LogP) is 8.31. The van der Waals surface area contributed by atoms with Gasteiger partial charge in [-0.05, 0) is 54.7 Å². The molecule has 3 aromatic carbocycles. The Morgan fingerprint density at radius 1 is 1.05 bits per heavy atom. The molecule has 1 fully saturated rings. The van der Waals surface area contributed by atoms with Crippen molar-refractivity contribution in [1.82, 2.24) is 20.0 Å². The highest BCUT2D eigenvalue weighted by molar-refractivity contribution is 6.35. The second-order valence-electron chi connectivity index (χ2n) is 10.8. The van der Waals surface area contributed by atoms with Crippen LogP contribution < -0.4 is 10.6 Å². The van der Waals surface area contributed by atoms with Crippen LogP contribution in [0, 0.1) is 17.1 Å². The Balaban J connectivity index is 1.43. The lowest BCUT2D eigenvalue weighted by molar-refractivity contribution is -0.182. The van der Waals surface area contributed by atoms with E-state index in [4.69, 9.17) is 11.6 Å². The van der Waals surface area contributed by atoms with Crippen LogP contribution in [0.25, 0.3) is 10.9 Å². The number of nitrogens with zero attached hydrogens (tertiary/aromatic N) is 5. The lowest BCUT2D eigenvalue weighted by Gasteiger charge is -2.23. The first-order chi connectivity index (χ1) is 21.1. The SMILES string of the molecule is CCC(Nc1c(C#N)cnc2c(Cl)cc(NC(c3ccc(F)cc3)c3cn(C4(C(F)(F)F)CC4)nn3)cc12)c1ccccc1. The van der Waals surface area contributed by atoms with Gasteiger partial charge in [-0.1, -0.05) is 66.2 Å². The molecule has 0 spiro atoms. The van der Waals surface area contributed by atoms with Crippen molar-refractivity contribution in [3.05, 3.63) is 112 Å². The van der Waals surface area contributed by atoms with Gasteiger partial charge in [0.2, 0.25) is 0 Å². The highest BCUT2D eigenvalue weighted by Crippen LogP contribution is 2.55. The fraction of sp³-hybridized carbons (Fsp3) is 0.250. The van der Waals surface area contributed by atoms with Crippen molar-refractivity contribution in [3.63, 3.8) is 0 Å². The van der Waals surface area contributed by atoms with Crippen LogP contribution in [0.4, 0.5) is 28.9 Å². The maximum absolute atomic E-state index is 13.8. The van der Waals surface area contributed by atoms with Gasteiger partial charge in [-0.25, -0.2) is 9.07 Å². The summed E-state index contributed by atoms with van der Waals surface area (Å²) in [4.78, 5) is 4.43. The molecule has 1 saturated carbocycles. The number of alkyl halides is 3. The van der Waals surface area contributed by atoms with Crippen LogP contribution in [-0.2, 0) is 5.54 Å². The van der Waals surface area contributed by atoms with Crippen LogP contribution in [-0.4, -0.2) is 26.2 Å². The molecule has 0 radical (unpaired) electrons. The molecular weight excluding hydrogens is 594 g/mol. The van der Waals surface area contributed by atoms with Gasteiger partial charge in [0.1, 0.15) is 17.6 Å². The molecule has 2 atom stereocenters. The molecule has 2 aromatic heterocycles. The van der Waals surface area contributed by atoms with Gasteiger partial charge in [0.05, 0.1) is 40.1 Å². The van der Waals surface area contributed by atoms with Crippen LogP contribution in [0.3, 0.4) is 0 Å². The van der Waals surface area contributed by atoms with Crippen molar-refractivity contribution in [2.75, 3.05) is 10.6 Å². The normalized spacial score (nSPS) is 15.4. The van der Waals surface area contributed by atoms with Crippen molar-refractivity contribution in [2.45, 2.75) is 50.0 Å². The van der Waals surface area contributed by atoms with Gasteiger partial charge in [-0.2, -0.15) is 18.4 Å². The number of benzene rings is 3. The Kier molecular flexibility index (Phi) is 7.63. The smallest absolute Gasteiger partial charge is 0.377 e. The zero-order valence-electron chi connectivity index (χ0n) is 23.4. The van der Waals surface area contributed by atoms with Crippen molar-refractivity contribution < 1.29 is 17.6 Å². The molecule has 0 bridgehead atoms. The average molecular weight is 620 g/mol. The number of fused-ring (bicyclic) bond motifs is 1. The van der Waals surface area contributed by atoms with Crippen LogP contribution in [0.1, 0.15) is 60.7 Å². The highest BCUT2D eigenvalue weighted by Gasteiger charge is 2.66. The molecule has 1 aliphatic carbocycles. The zero-order chi connectivity index (χ0) is 31.1. The van der Waals surface area contributed by atoms with E-state index in [0.29, 0.717) is 38.4 Å². The molecule has 0 saturated heterocycles. The molecule has 12 heteroatoms. The highest BCUT2D eigenvalue weighted by atomic mass is 35.5. The zero-order valence-corrected chi connectivity index (χ0v) is 24.2. The molecule has 1 aliphatic rings. The molecule has 7 nitrogen and oxygen atoms in total. The number of nitrogens with one attached hydrogen (secondary N) is 2. The van der Waals surface area contributed by atoms with Crippen LogP contribution in [0.15, 0.2) is 79.1 Å². The maximum Gasteiger partial charge on any atom is 0.413 e. The molecule has 5 aromatic rings. The number of pyridine rings is 1. The number of aromatic nitrogens is 4. The number of halogens is 5. The van der Waals surface area contributed by atoms with E-state index in [-0.39, 0.29) is 24.6 Å². The van der Waals surface area contributed by atoms with E-state index < -0.39 is 23.6 Å². The minimum absolute atomic E-state index is 0.0834. The summed E-state index contributed by atoms with van der Waals surface area (Å²) in [6.45, 7) is 2.03. The Morgan fingerprint density at radius 2 is 1.77 bits per heavy atom. The predicted molar refractivity (Wildman–Crippen MR) is 160 cm³/mol. The van der Waals surface area contributed by atoms with Crippen molar-refractivity contribution in [3.8, 4) is 6.07 Å². The first kappa shape index (κ1) is 29.4. The first-order valence-corrected chi connectivity index (χ1v) is 14.4. The third-order valence-corrected chi connectivity index (χ3v) is 8.27. The van der Waals surface area contributed by atoms with E-state index in [1.54, 1.807) is 12.1 Å². The van der Waals surface area contributed by atoms with Gasteiger partial charge < -0.3 is 10.6 Å². The van der Waals surface area contributed by atoms with E-state index >= 15 is 0 Å². The summed E-state index contributed by atoms with van der Waals surface area (Å²) in [5, 5.41) is 25.6. The lowest BCUT2D eigenvalue weighted by Crippen LogP contribution is -2.35. The standard InChI is InChI=1S/C32H26ClF4N7/c1-2-26(19-6-4-3-5-7-19)41-28-21(16-38)17-39-30-24(28)14-23(15-25(30)33)40-29(20-8-10-22(34)11-9-20)27-18-44(43-42-27)31(12-13-31)32(35,36)37/h3-11,14-15,17-18,26,29,40H,2,12-13H2,1H3,(H,39,41). The quantitative estimate of drug-likeness (QED) is 0.161. The second kappa shape index (κ2) is 11.4. The van der Waals surface area contributed by atoms with E-state index in [1.807, 2.05) is 37.3 Å². The Morgan fingerprint density at radius 3 is 2.41 bits per heavy atom. The van der Waals surface area contributed by atoms with Crippen LogP contribution >= 0.6 is 11.6 Å². The lowest BCUT2D eigenvalue weighted by atomic mass is 10.0. The van der Waals surface area contributed by atoms with Gasteiger partial charge in [0.15, 0.2) is 5.54 Å². The average Bonchev–Trinajstić information content (AvgIpc) is 3.71. The summed E-state index contributed by atoms with van der Waals surface area (Å²) in [5.74, 6) is -0.464. The van der Waals surface area contributed by atoms with E-state index in [2.05, 4.69) is 32.0 Å². The maximum atomic E-state index is 13.8. The third kappa shape index (κ3) is 5.42. The fourth-order valence-electron chi connectivity index (χ4n) is 5.39. The Bertz CT molecular complexity index is 1850. The Labute approximate surface area is 255 Å². The number of rotatable bonds is 9. The van der Waals surface area contributed by atoms with Crippen molar-refractivity contribution >= 4 is 33.9 Å². The number of hydrogen-bond donors (Lipinski definition) is 2. The molecule has 0 aliphatic heterocycles. The van der Waals surface area contributed by atoms with Crippen molar-refractivity contribution in [1.29, 1.82) is 5.26 Å². The molecule has 44 heavy (non-hydrogen) atoms. The van der Waals surface area contributed by atoms with Gasteiger partial charge in [-0.15, -0.1) is 5.10 Å². The second-order valence-corrected chi connectivity index (χ2v) is 11.2. The summed E-state index contributed by atoms with van der Waals surface area (Å²) >= 11 is 6.72. The summed E-state index contributed by atoms with van der Waals surface area (Å²) in [7, 11) is 0. The summed E-state index contributed by atoms with van der Waals surface area (Å²) in [5.41, 5.74) is 1.53. The largest absolute Gasteiger partial charge is 0.413 e. The molecule has 0 amide bonds. The Hall–Kier alpha value is -4.69. The van der Waals surface area contributed by atoms with Crippen molar-refractivity contribution in [2.24, 2.45) is 0 Å². The molecule has 224 valence electrons. The molecular formula is C32H26ClF4N7. The first-order valence-electron chi connectivity index (χ1n) is 14.0. The van der Waals surface area contributed by atoms with E-state index in [9.17, 15) is 22.8 Å². The molecule has 2 heterocycles. The van der Waals surface area contributed by atoms with Crippen LogP contribution in [0.2, 0.25) is 5.02 Å². The van der Waals surface area contributed by atoms with Gasteiger partial charge in [0, 0.05) is 17.3 Å². The monoisotopic (exact) mass is 619 g/mol. The molecule has 2 N–H and O–H groups in total. The molecule has 6 rings (SSSR count). The van der Waals surface area contributed by atoms with Gasteiger partial charge in [-0.3, -0.25) is 4.98 Å². The van der Waals surface area contributed by atoms with Crippen LogP contribution in [0.5, 0.6) is 0 Å². The minimum atomic E-state index is -4.48. The summed E-state index contributed by atoms with van der Waals surface area (Å²) in [6, 6.07) is 20.1. The minimum Gasteiger partial charge on any atom is -0.377 e. The summed E-state index contributed by atoms with van der Waals surface area (Å²) < 4.78 is 56.2. The number of anilines is 2. The molecule has 2 unspecified atom stereocenters. The number of hydrogen-bond acceptors (Lipinski definition) is 6. The van der Waals surface area contributed by atoms with Gasteiger partial charge >= 0.3 is 6.18 Å². The van der Waals surface area contributed by atoms with Gasteiger partial charge in [0.25, 0.3) is 0 Å². The van der Waals surface area contributed by atoms with E-state index in [1.165, 1.54) is 36.7 Å². The third-order valence-electron chi connectivity index (χ3n) is 7.99. The summed E-state index contributed by atoms with van der Waals surface area (Å²) in [6.07, 6.45) is -1.17.